The standard InChI is InChI=1S/C18H19BrF2/c1-3-12(2)17(13-7-5-4-6-8-13)18(19)14-9-10-15(20)16(21)11-14/h4-12,17-18H,3H2,1-2H3. The fraction of sp³-hybridized carbons (Fsp3) is 0.333. The SMILES string of the molecule is CCC(C)C(c1ccccc1)C(Br)c1ccc(F)c(F)c1. The van der Waals surface area contributed by atoms with Gasteiger partial charge in [0, 0.05) is 10.7 Å². The average molecular weight is 353 g/mol. The van der Waals surface area contributed by atoms with E-state index in [4.69, 9.17) is 0 Å². The molecular weight excluding hydrogens is 334 g/mol. The fourth-order valence-electron chi connectivity index (χ4n) is 2.61. The molecule has 3 unspecified atom stereocenters. The van der Waals surface area contributed by atoms with Crippen molar-refractivity contribution < 1.29 is 8.78 Å². The number of hydrogen-bond acceptors (Lipinski definition) is 0. The summed E-state index contributed by atoms with van der Waals surface area (Å²) in [6.45, 7) is 4.33. The van der Waals surface area contributed by atoms with Crippen LogP contribution >= 0.6 is 15.9 Å². The van der Waals surface area contributed by atoms with Crippen molar-refractivity contribution in [3.8, 4) is 0 Å². The van der Waals surface area contributed by atoms with Gasteiger partial charge in [0.1, 0.15) is 0 Å². The Bertz CT molecular complexity index is 583. The second-order valence-corrected chi connectivity index (χ2v) is 6.38. The number of hydrogen-bond donors (Lipinski definition) is 0. The van der Waals surface area contributed by atoms with Crippen molar-refractivity contribution in [3.63, 3.8) is 0 Å². The van der Waals surface area contributed by atoms with Gasteiger partial charge in [-0.15, -0.1) is 0 Å². The van der Waals surface area contributed by atoms with E-state index in [-0.39, 0.29) is 10.7 Å². The summed E-state index contributed by atoms with van der Waals surface area (Å²) in [5, 5.41) is 0. The van der Waals surface area contributed by atoms with Crippen LogP contribution in [0.1, 0.15) is 42.1 Å². The van der Waals surface area contributed by atoms with Crippen molar-refractivity contribution in [2.75, 3.05) is 0 Å². The Hall–Kier alpha value is -1.22. The molecule has 0 saturated carbocycles. The lowest BCUT2D eigenvalue weighted by Gasteiger charge is -2.29. The van der Waals surface area contributed by atoms with E-state index in [1.165, 1.54) is 17.7 Å². The van der Waals surface area contributed by atoms with Gasteiger partial charge in [0.05, 0.1) is 0 Å². The Morgan fingerprint density at radius 2 is 1.62 bits per heavy atom. The van der Waals surface area contributed by atoms with Crippen LogP contribution in [0, 0.1) is 17.6 Å². The van der Waals surface area contributed by atoms with E-state index in [9.17, 15) is 8.78 Å². The highest BCUT2D eigenvalue weighted by atomic mass is 79.9. The average Bonchev–Trinajstić information content (AvgIpc) is 2.51. The first-order valence-electron chi connectivity index (χ1n) is 7.18. The van der Waals surface area contributed by atoms with Crippen LogP contribution in [0.5, 0.6) is 0 Å². The van der Waals surface area contributed by atoms with Gasteiger partial charge in [-0.3, -0.25) is 0 Å². The fourth-order valence-corrected chi connectivity index (χ4v) is 3.72. The molecule has 0 amide bonds. The second-order valence-electron chi connectivity index (χ2n) is 5.40. The predicted octanol–water partition coefficient (Wildman–Crippen LogP) is 6.23. The third kappa shape index (κ3) is 3.70. The molecule has 2 aromatic carbocycles. The Balaban J connectivity index is 2.38. The van der Waals surface area contributed by atoms with E-state index in [1.807, 2.05) is 18.2 Å². The summed E-state index contributed by atoms with van der Waals surface area (Å²) in [4.78, 5) is -0.0510. The van der Waals surface area contributed by atoms with Crippen molar-refractivity contribution in [2.45, 2.75) is 31.0 Å². The number of benzene rings is 2. The van der Waals surface area contributed by atoms with Gasteiger partial charge < -0.3 is 0 Å². The van der Waals surface area contributed by atoms with Crippen LogP contribution in [0.25, 0.3) is 0 Å². The summed E-state index contributed by atoms with van der Waals surface area (Å²) in [6.07, 6.45) is 1.02. The summed E-state index contributed by atoms with van der Waals surface area (Å²) in [6, 6.07) is 14.3. The third-order valence-corrected chi connectivity index (χ3v) is 5.12. The lowest BCUT2D eigenvalue weighted by molar-refractivity contribution is 0.438. The molecule has 0 bridgehead atoms. The molecule has 0 heterocycles. The number of alkyl halides is 1. The molecule has 0 saturated heterocycles. The molecule has 3 heteroatoms. The third-order valence-electron chi connectivity index (χ3n) is 4.02. The van der Waals surface area contributed by atoms with Gasteiger partial charge in [-0.25, -0.2) is 8.78 Å². The predicted molar refractivity (Wildman–Crippen MR) is 86.7 cm³/mol. The molecule has 0 aliphatic rings. The first kappa shape index (κ1) is 16.2. The van der Waals surface area contributed by atoms with Crippen molar-refractivity contribution in [1.29, 1.82) is 0 Å². The van der Waals surface area contributed by atoms with Gasteiger partial charge in [0.2, 0.25) is 0 Å². The zero-order valence-electron chi connectivity index (χ0n) is 12.2. The van der Waals surface area contributed by atoms with Crippen LogP contribution in [0.4, 0.5) is 8.78 Å². The smallest absolute Gasteiger partial charge is 0.159 e. The van der Waals surface area contributed by atoms with Crippen molar-refractivity contribution >= 4 is 15.9 Å². The number of halogens is 3. The van der Waals surface area contributed by atoms with Gasteiger partial charge >= 0.3 is 0 Å². The van der Waals surface area contributed by atoms with E-state index >= 15 is 0 Å². The molecule has 0 aromatic heterocycles. The van der Waals surface area contributed by atoms with Gasteiger partial charge in [-0.2, -0.15) is 0 Å². The summed E-state index contributed by atoms with van der Waals surface area (Å²) < 4.78 is 26.6. The molecule has 21 heavy (non-hydrogen) atoms. The zero-order valence-corrected chi connectivity index (χ0v) is 13.8. The molecule has 2 rings (SSSR count). The van der Waals surface area contributed by atoms with Crippen LogP contribution in [0.15, 0.2) is 48.5 Å². The molecule has 0 fully saturated rings. The highest BCUT2D eigenvalue weighted by Gasteiger charge is 2.27. The largest absolute Gasteiger partial charge is 0.204 e. The molecule has 2 aromatic rings. The Morgan fingerprint density at radius 1 is 0.952 bits per heavy atom. The first-order valence-corrected chi connectivity index (χ1v) is 8.10. The molecule has 0 spiro atoms. The minimum Gasteiger partial charge on any atom is -0.204 e. The first-order chi connectivity index (χ1) is 10.0. The molecule has 112 valence electrons. The van der Waals surface area contributed by atoms with E-state index in [1.54, 1.807) is 6.07 Å². The second kappa shape index (κ2) is 7.17. The maximum atomic E-state index is 13.5. The summed E-state index contributed by atoms with van der Waals surface area (Å²) in [5.41, 5.74) is 1.97. The van der Waals surface area contributed by atoms with E-state index in [0.29, 0.717) is 5.92 Å². The van der Waals surface area contributed by atoms with Gasteiger partial charge in [-0.05, 0) is 29.2 Å². The van der Waals surface area contributed by atoms with Crippen molar-refractivity contribution in [2.24, 2.45) is 5.92 Å². The molecule has 3 atom stereocenters. The monoisotopic (exact) mass is 352 g/mol. The van der Waals surface area contributed by atoms with Crippen LogP contribution in [0.3, 0.4) is 0 Å². The summed E-state index contributed by atoms with van der Waals surface area (Å²) in [7, 11) is 0. The molecule has 0 N–H and O–H groups in total. The van der Waals surface area contributed by atoms with Crippen molar-refractivity contribution in [3.05, 3.63) is 71.3 Å². The quantitative estimate of drug-likeness (QED) is 0.559. The highest BCUT2D eigenvalue weighted by molar-refractivity contribution is 9.09. The van der Waals surface area contributed by atoms with Gasteiger partial charge in [0.15, 0.2) is 11.6 Å². The molecule has 0 nitrogen and oxygen atoms in total. The Kier molecular flexibility index (Phi) is 5.51. The van der Waals surface area contributed by atoms with Crippen LogP contribution in [-0.4, -0.2) is 0 Å². The lowest BCUT2D eigenvalue weighted by Crippen LogP contribution is -2.15. The molecule has 0 aliphatic carbocycles. The summed E-state index contributed by atoms with van der Waals surface area (Å²) >= 11 is 3.70. The maximum Gasteiger partial charge on any atom is 0.159 e. The van der Waals surface area contributed by atoms with Gasteiger partial charge in [0.25, 0.3) is 0 Å². The zero-order chi connectivity index (χ0) is 15.4. The molecular formula is C18H19BrF2. The highest BCUT2D eigenvalue weighted by Crippen LogP contribution is 2.43. The van der Waals surface area contributed by atoms with Crippen molar-refractivity contribution in [1.82, 2.24) is 0 Å². The molecule has 0 radical (unpaired) electrons. The topological polar surface area (TPSA) is 0 Å². The minimum absolute atomic E-state index is 0.0510. The lowest BCUT2D eigenvalue weighted by atomic mass is 9.81. The Morgan fingerprint density at radius 3 is 2.19 bits per heavy atom. The Labute approximate surface area is 133 Å². The van der Waals surface area contributed by atoms with E-state index in [2.05, 4.69) is 41.9 Å². The normalized spacial score (nSPS) is 15.5. The minimum atomic E-state index is -0.807. The van der Waals surface area contributed by atoms with Gasteiger partial charge in [-0.1, -0.05) is 72.6 Å². The van der Waals surface area contributed by atoms with Crippen LogP contribution in [-0.2, 0) is 0 Å². The number of rotatable bonds is 5. The van der Waals surface area contributed by atoms with E-state index in [0.717, 1.165) is 12.0 Å². The maximum absolute atomic E-state index is 13.5. The van der Waals surface area contributed by atoms with Crippen LogP contribution < -0.4 is 0 Å². The summed E-state index contributed by atoms with van der Waals surface area (Å²) in [5.74, 6) is -0.975. The van der Waals surface area contributed by atoms with Crippen LogP contribution in [0.2, 0.25) is 0 Å². The van der Waals surface area contributed by atoms with E-state index < -0.39 is 11.6 Å². The molecule has 0 aliphatic heterocycles.